The molecule has 26 heavy (non-hydrogen) atoms. The molecule has 0 saturated heterocycles. The first-order valence-electron chi connectivity index (χ1n) is 8.69. The van der Waals surface area contributed by atoms with E-state index in [-0.39, 0.29) is 19.1 Å². The lowest BCUT2D eigenvalue weighted by atomic mass is 10.2. The summed E-state index contributed by atoms with van der Waals surface area (Å²) in [6.07, 6.45) is 0.0683. The smallest absolute Gasteiger partial charge is 0.232 e. The van der Waals surface area contributed by atoms with Gasteiger partial charge in [-0.05, 0) is 20.1 Å². The molecule has 3 unspecified atom stereocenters. The van der Waals surface area contributed by atoms with Gasteiger partial charge in [0.25, 0.3) is 0 Å². The fraction of sp³-hybridized carbons (Fsp3) is 0.938. The fourth-order valence-electron chi connectivity index (χ4n) is 1.67. The Morgan fingerprint density at radius 2 is 1.58 bits per heavy atom. The highest BCUT2D eigenvalue weighted by molar-refractivity contribution is 7.96. The van der Waals surface area contributed by atoms with Crippen molar-refractivity contribution in [2.45, 2.75) is 31.4 Å². The fourth-order valence-corrected chi connectivity index (χ4v) is 2.05. The van der Waals surface area contributed by atoms with Crippen molar-refractivity contribution in [3.63, 3.8) is 0 Å². The monoisotopic (exact) mass is 416 g/mol. The molecule has 0 saturated carbocycles. The van der Waals surface area contributed by atoms with Crippen LogP contribution in [0.5, 0.6) is 0 Å². The van der Waals surface area contributed by atoms with Crippen LogP contribution in [0.3, 0.4) is 0 Å². The van der Waals surface area contributed by atoms with E-state index < -0.39 is 17.5 Å². The van der Waals surface area contributed by atoms with Crippen molar-refractivity contribution >= 4 is 30.5 Å². The summed E-state index contributed by atoms with van der Waals surface area (Å²) in [5, 5.41) is 2.02. The number of thiol groups is 1. The molecule has 0 aliphatic carbocycles. The van der Waals surface area contributed by atoms with Crippen LogP contribution in [0.1, 0.15) is 13.8 Å². The summed E-state index contributed by atoms with van der Waals surface area (Å²) in [6, 6.07) is 0. The Balaban J connectivity index is 3.37. The van der Waals surface area contributed by atoms with Gasteiger partial charge in [-0.2, -0.15) is 12.6 Å². The molecule has 0 fully saturated rings. The number of carbonyl (C=O) groups is 1. The van der Waals surface area contributed by atoms with E-state index in [1.165, 1.54) is 0 Å². The molecule has 0 aliphatic rings. The molecule has 0 aromatic rings. The number of ether oxygens (including phenoxy) is 4. The van der Waals surface area contributed by atoms with Gasteiger partial charge in [0.15, 0.2) is 0 Å². The highest BCUT2D eigenvalue weighted by Crippen LogP contribution is 2.03. The van der Waals surface area contributed by atoms with E-state index in [4.69, 9.17) is 18.9 Å². The van der Waals surface area contributed by atoms with Crippen molar-refractivity contribution in [3.8, 4) is 0 Å². The molecule has 0 spiro atoms. The molecule has 0 heterocycles. The molecule has 156 valence electrons. The van der Waals surface area contributed by atoms with Gasteiger partial charge >= 0.3 is 0 Å². The summed E-state index contributed by atoms with van der Waals surface area (Å²) >= 11 is 5.54. The van der Waals surface area contributed by atoms with Crippen LogP contribution >= 0.6 is 24.6 Å². The summed E-state index contributed by atoms with van der Waals surface area (Å²) in [5.74, 6) is -0.298. The van der Waals surface area contributed by atoms with Crippen LogP contribution in [-0.2, 0) is 23.7 Å². The summed E-state index contributed by atoms with van der Waals surface area (Å²) in [6.45, 7) is 7.27. The lowest BCUT2D eigenvalue weighted by Crippen LogP contribution is -2.39. The lowest BCUT2D eigenvalue weighted by Gasteiger charge is -2.18. The molecule has 0 aromatic carbocycles. The summed E-state index contributed by atoms with van der Waals surface area (Å²) in [5.41, 5.74) is 0. The van der Waals surface area contributed by atoms with E-state index in [1.807, 2.05) is 6.26 Å². The number of amides is 1. The summed E-state index contributed by atoms with van der Waals surface area (Å²) in [4.78, 5) is 11.3. The van der Waals surface area contributed by atoms with E-state index in [0.29, 0.717) is 39.6 Å². The Labute approximate surface area is 166 Å². The summed E-state index contributed by atoms with van der Waals surface area (Å²) in [7, 11) is 0. The predicted octanol–water partition coefficient (Wildman–Crippen LogP) is 1.08. The van der Waals surface area contributed by atoms with Crippen LogP contribution in [0.25, 0.3) is 0 Å². The van der Waals surface area contributed by atoms with Gasteiger partial charge in [-0.3, -0.25) is 9.52 Å². The molecule has 0 aliphatic heterocycles. The second kappa shape index (κ2) is 18.3. The third-order valence-electron chi connectivity index (χ3n) is 3.21. The molecule has 0 radical (unpaired) electrons. The normalized spacial score (nSPS) is 14.8. The van der Waals surface area contributed by atoms with Crippen molar-refractivity contribution in [1.29, 1.82) is 0 Å². The van der Waals surface area contributed by atoms with Crippen LogP contribution in [-0.4, -0.2) is 89.0 Å². The predicted molar refractivity (Wildman–Crippen MR) is 106 cm³/mol. The number of alkyl halides is 1. The quantitative estimate of drug-likeness (QED) is 0.175. The lowest BCUT2D eigenvalue weighted by molar-refractivity contribution is -0.120. The van der Waals surface area contributed by atoms with Crippen molar-refractivity contribution < 1.29 is 28.1 Å². The molecule has 7 nitrogen and oxygen atoms in total. The molecule has 1 amide bonds. The largest absolute Gasteiger partial charge is 0.378 e. The Morgan fingerprint density at radius 3 is 2.12 bits per heavy atom. The van der Waals surface area contributed by atoms with E-state index in [1.54, 1.807) is 25.8 Å². The molecule has 3 atom stereocenters. The van der Waals surface area contributed by atoms with E-state index >= 15 is 0 Å². The Bertz CT molecular complexity index is 344. The van der Waals surface area contributed by atoms with Gasteiger partial charge in [-0.15, -0.1) is 0 Å². The average molecular weight is 417 g/mol. The van der Waals surface area contributed by atoms with Crippen LogP contribution in [0, 0.1) is 0 Å². The molecule has 10 heteroatoms. The minimum absolute atomic E-state index is 0.0883. The van der Waals surface area contributed by atoms with Gasteiger partial charge in [0.05, 0.1) is 64.1 Å². The van der Waals surface area contributed by atoms with Crippen molar-refractivity contribution in [1.82, 2.24) is 10.0 Å². The number of rotatable bonds is 18. The van der Waals surface area contributed by atoms with Crippen LogP contribution in [0.2, 0.25) is 0 Å². The number of carbonyl (C=O) groups excluding carboxylic acids is 1. The van der Waals surface area contributed by atoms with Crippen LogP contribution in [0.4, 0.5) is 4.39 Å². The zero-order chi connectivity index (χ0) is 19.6. The van der Waals surface area contributed by atoms with Crippen molar-refractivity contribution in [2.24, 2.45) is 0 Å². The molecular formula is C16H33FN2O5S2. The summed E-state index contributed by atoms with van der Waals surface area (Å²) < 4.78 is 38.3. The van der Waals surface area contributed by atoms with E-state index in [0.717, 1.165) is 6.54 Å². The van der Waals surface area contributed by atoms with Gasteiger partial charge in [0.1, 0.15) is 6.17 Å². The molecule has 2 N–H and O–H groups in total. The van der Waals surface area contributed by atoms with Gasteiger partial charge < -0.3 is 24.3 Å². The second-order valence-electron chi connectivity index (χ2n) is 5.45. The Kier molecular flexibility index (Phi) is 18.2. The maximum atomic E-state index is 13.8. The first-order chi connectivity index (χ1) is 12.5. The number of halogens is 1. The first-order valence-corrected chi connectivity index (χ1v) is 10.4. The van der Waals surface area contributed by atoms with E-state index in [9.17, 15) is 9.18 Å². The van der Waals surface area contributed by atoms with Crippen LogP contribution < -0.4 is 10.0 Å². The van der Waals surface area contributed by atoms with Gasteiger partial charge in [0, 0.05) is 6.54 Å². The maximum Gasteiger partial charge on any atom is 0.232 e. The zero-order valence-electron chi connectivity index (χ0n) is 15.9. The van der Waals surface area contributed by atoms with Crippen molar-refractivity contribution in [2.75, 3.05) is 65.6 Å². The second-order valence-corrected chi connectivity index (χ2v) is 6.92. The maximum absolute atomic E-state index is 13.8. The number of nitrogens with one attached hydrogen (secondary N) is 2. The van der Waals surface area contributed by atoms with Gasteiger partial charge in [0.2, 0.25) is 5.91 Å². The highest BCUT2D eigenvalue weighted by Gasteiger charge is 2.18. The molecule has 0 aromatic heterocycles. The Morgan fingerprint density at radius 1 is 1.04 bits per heavy atom. The minimum Gasteiger partial charge on any atom is -0.378 e. The third kappa shape index (κ3) is 16.1. The van der Waals surface area contributed by atoms with Crippen LogP contribution in [0.15, 0.2) is 0 Å². The molecular weight excluding hydrogens is 383 g/mol. The number of hydrogen-bond donors (Lipinski definition) is 3. The zero-order valence-corrected chi connectivity index (χ0v) is 17.6. The minimum atomic E-state index is -1.28. The van der Waals surface area contributed by atoms with E-state index in [2.05, 4.69) is 22.7 Å². The SMILES string of the molecule is CSNCCOCCOCCOCCOC(C)C(F)CNC(=O)C(C)S. The average Bonchev–Trinajstić information content (AvgIpc) is 2.62. The molecule has 0 rings (SSSR count). The standard InChI is InChI=1S/C16H33FN2O5S2/c1-13(15(17)12-18-16(20)14(2)25)24-11-10-23-9-8-22-7-6-21-5-4-19-26-3/h13-15,19,25H,4-12H2,1-3H3,(H,18,20). The van der Waals surface area contributed by atoms with Gasteiger partial charge in [-0.25, -0.2) is 4.39 Å². The number of hydrogen-bond acceptors (Lipinski definition) is 8. The first kappa shape index (κ1) is 25.9. The molecule has 0 bridgehead atoms. The topological polar surface area (TPSA) is 78.1 Å². The Hall–Kier alpha value is -0.100. The third-order valence-corrected chi connectivity index (χ3v) is 3.93. The van der Waals surface area contributed by atoms with Crippen molar-refractivity contribution in [3.05, 3.63) is 0 Å². The highest BCUT2D eigenvalue weighted by atomic mass is 32.2. The van der Waals surface area contributed by atoms with Gasteiger partial charge in [-0.1, -0.05) is 11.9 Å².